The summed E-state index contributed by atoms with van der Waals surface area (Å²) in [5.41, 5.74) is 1.97. The number of benzene rings is 2. The van der Waals surface area contributed by atoms with Crippen molar-refractivity contribution >= 4 is 49.3 Å². The van der Waals surface area contributed by atoms with Gasteiger partial charge in [0, 0.05) is 14.9 Å². The normalized spacial score (nSPS) is 15.5. The van der Waals surface area contributed by atoms with E-state index in [0.717, 1.165) is 15.0 Å². The largest absolute Gasteiger partial charge is 0.496 e. The number of anilines is 1. The maximum Gasteiger partial charge on any atom is 0.297 e. The number of hydrogen-bond donors (Lipinski definition) is 0. The Morgan fingerprint density at radius 3 is 2.65 bits per heavy atom. The second kappa shape index (κ2) is 7.32. The van der Waals surface area contributed by atoms with Gasteiger partial charge in [-0.3, -0.25) is 14.5 Å². The van der Waals surface area contributed by atoms with Crippen LogP contribution in [0.25, 0.3) is 11.0 Å². The number of ether oxygens (including phenoxy) is 1. The first-order chi connectivity index (χ1) is 14.9. The molecular formula is C23H17BrN2O4S. The van der Waals surface area contributed by atoms with Crippen LogP contribution >= 0.6 is 27.3 Å². The molecule has 6 nitrogen and oxygen atoms in total. The molecule has 4 aromatic rings. The summed E-state index contributed by atoms with van der Waals surface area (Å²) in [5.74, 6) is 0.236. The summed E-state index contributed by atoms with van der Waals surface area (Å²) in [7, 11) is 1.57. The van der Waals surface area contributed by atoms with Crippen molar-refractivity contribution in [3.05, 3.63) is 84.6 Å². The molecule has 0 N–H and O–H groups in total. The fourth-order valence-corrected chi connectivity index (χ4v) is 5.19. The molecule has 0 aliphatic carbocycles. The third kappa shape index (κ3) is 3.01. The van der Waals surface area contributed by atoms with E-state index in [0.29, 0.717) is 33.0 Å². The number of halogens is 1. The number of nitrogens with zero attached hydrogens (tertiary/aromatic N) is 2. The number of methoxy groups -OCH3 is 1. The van der Waals surface area contributed by atoms with Gasteiger partial charge in [-0.25, -0.2) is 4.98 Å². The van der Waals surface area contributed by atoms with Gasteiger partial charge in [0.25, 0.3) is 5.91 Å². The number of thiazole rings is 1. The lowest BCUT2D eigenvalue weighted by atomic mass is 9.98. The molecule has 1 atom stereocenters. The van der Waals surface area contributed by atoms with Crippen molar-refractivity contribution in [2.45, 2.75) is 19.9 Å². The molecule has 1 amide bonds. The average molecular weight is 497 g/mol. The predicted octanol–water partition coefficient (Wildman–Crippen LogP) is 5.39. The van der Waals surface area contributed by atoms with Crippen LogP contribution in [0.4, 0.5) is 5.13 Å². The summed E-state index contributed by atoms with van der Waals surface area (Å²) >= 11 is 4.83. The molecule has 0 spiro atoms. The van der Waals surface area contributed by atoms with Gasteiger partial charge >= 0.3 is 0 Å². The molecule has 5 rings (SSSR count). The minimum absolute atomic E-state index is 0.0428. The second-order valence-electron chi connectivity index (χ2n) is 7.27. The summed E-state index contributed by atoms with van der Waals surface area (Å²) < 4.78 is 12.3. The zero-order valence-electron chi connectivity index (χ0n) is 16.9. The Kier molecular flexibility index (Phi) is 4.71. The standard InChI is InChI=1S/C23H17BrN2O4S/c1-11-12(2)31-23(25-11)26-19(14-6-4-5-7-16(14)29-3)18-20(27)15-10-13(24)8-9-17(15)30-21(18)22(26)28/h4-10,19H,1-3H3/t19-/m1/s1. The lowest BCUT2D eigenvalue weighted by Crippen LogP contribution is -2.29. The Hall–Kier alpha value is -2.97. The molecule has 0 fully saturated rings. The predicted molar refractivity (Wildman–Crippen MR) is 123 cm³/mol. The van der Waals surface area contributed by atoms with Crippen molar-refractivity contribution in [2.24, 2.45) is 0 Å². The molecule has 0 saturated heterocycles. The van der Waals surface area contributed by atoms with Crippen LogP contribution in [0.1, 0.15) is 38.3 Å². The number of fused-ring (bicyclic) bond motifs is 2. The van der Waals surface area contributed by atoms with Gasteiger partial charge in [-0.2, -0.15) is 0 Å². The van der Waals surface area contributed by atoms with Gasteiger partial charge in [-0.05, 0) is 38.1 Å². The minimum atomic E-state index is -0.705. The second-order valence-corrected chi connectivity index (χ2v) is 9.37. The molecule has 31 heavy (non-hydrogen) atoms. The van der Waals surface area contributed by atoms with Crippen LogP contribution in [0.2, 0.25) is 0 Å². The zero-order chi connectivity index (χ0) is 21.9. The van der Waals surface area contributed by atoms with Gasteiger partial charge in [0.05, 0.1) is 23.8 Å². The third-order valence-corrected chi connectivity index (χ3v) is 7.05. The number of aromatic nitrogens is 1. The number of carbonyl (C=O) groups excluding carboxylic acids is 1. The highest BCUT2D eigenvalue weighted by atomic mass is 79.9. The van der Waals surface area contributed by atoms with Crippen molar-refractivity contribution in [2.75, 3.05) is 12.0 Å². The van der Waals surface area contributed by atoms with Crippen molar-refractivity contribution in [1.82, 2.24) is 4.98 Å². The van der Waals surface area contributed by atoms with Gasteiger partial charge in [-0.15, -0.1) is 11.3 Å². The van der Waals surface area contributed by atoms with Crippen LogP contribution < -0.4 is 15.1 Å². The van der Waals surface area contributed by atoms with Crippen molar-refractivity contribution in [1.29, 1.82) is 0 Å². The van der Waals surface area contributed by atoms with Gasteiger partial charge in [-0.1, -0.05) is 34.1 Å². The molecule has 0 bridgehead atoms. The summed E-state index contributed by atoms with van der Waals surface area (Å²) in [6.07, 6.45) is 0. The van der Waals surface area contributed by atoms with Gasteiger partial charge in [0.15, 0.2) is 10.6 Å². The minimum Gasteiger partial charge on any atom is -0.496 e. The van der Waals surface area contributed by atoms with Gasteiger partial charge in [0.1, 0.15) is 17.4 Å². The first-order valence-corrected chi connectivity index (χ1v) is 11.2. The molecular weight excluding hydrogens is 480 g/mol. The van der Waals surface area contributed by atoms with Crippen LogP contribution in [0.15, 0.2) is 56.1 Å². The van der Waals surface area contributed by atoms with E-state index in [1.807, 2.05) is 38.1 Å². The topological polar surface area (TPSA) is 72.6 Å². The number of carbonyl (C=O) groups is 1. The molecule has 1 aliphatic rings. The summed E-state index contributed by atoms with van der Waals surface area (Å²) in [6, 6.07) is 11.9. The molecule has 0 radical (unpaired) electrons. The average Bonchev–Trinajstić information content (AvgIpc) is 3.24. The van der Waals surface area contributed by atoms with E-state index in [1.54, 1.807) is 30.2 Å². The lowest BCUT2D eigenvalue weighted by molar-refractivity contribution is 0.0971. The highest BCUT2D eigenvalue weighted by Crippen LogP contribution is 2.45. The Labute approximate surface area is 190 Å². The third-order valence-electron chi connectivity index (χ3n) is 5.49. The fraction of sp³-hybridized carbons (Fsp3) is 0.174. The number of rotatable bonds is 3. The monoisotopic (exact) mass is 496 g/mol. The van der Waals surface area contributed by atoms with E-state index in [4.69, 9.17) is 9.15 Å². The fourth-order valence-electron chi connectivity index (χ4n) is 3.89. The highest BCUT2D eigenvalue weighted by Gasteiger charge is 2.46. The van der Waals surface area contributed by atoms with E-state index in [-0.39, 0.29) is 17.1 Å². The SMILES string of the molecule is COc1ccccc1[C@@H]1c2c(oc3ccc(Br)cc3c2=O)C(=O)N1c1nc(C)c(C)s1. The Bertz CT molecular complexity index is 1410. The summed E-state index contributed by atoms with van der Waals surface area (Å²) in [5, 5.41) is 0.932. The van der Waals surface area contributed by atoms with E-state index in [1.165, 1.54) is 11.3 Å². The van der Waals surface area contributed by atoms with Gasteiger partial charge < -0.3 is 9.15 Å². The summed E-state index contributed by atoms with van der Waals surface area (Å²) in [4.78, 5) is 34.4. The van der Waals surface area contributed by atoms with Crippen molar-refractivity contribution < 1.29 is 13.9 Å². The molecule has 0 saturated carbocycles. The first-order valence-electron chi connectivity index (χ1n) is 9.57. The molecule has 0 unspecified atom stereocenters. The van der Waals surface area contributed by atoms with Crippen LogP contribution in [0.5, 0.6) is 5.75 Å². The number of aryl methyl sites for hydroxylation is 2. The summed E-state index contributed by atoms with van der Waals surface area (Å²) in [6.45, 7) is 3.86. The highest BCUT2D eigenvalue weighted by molar-refractivity contribution is 9.10. The maximum absolute atomic E-state index is 13.6. The van der Waals surface area contributed by atoms with Crippen LogP contribution in [-0.4, -0.2) is 18.0 Å². The first kappa shape index (κ1) is 20.0. The number of hydrogen-bond acceptors (Lipinski definition) is 6. The molecule has 3 heterocycles. The number of para-hydroxylation sites is 1. The molecule has 1 aliphatic heterocycles. The van der Waals surface area contributed by atoms with Crippen LogP contribution in [0, 0.1) is 13.8 Å². The van der Waals surface area contributed by atoms with E-state index >= 15 is 0 Å². The molecule has 2 aromatic heterocycles. The van der Waals surface area contributed by atoms with Crippen molar-refractivity contribution in [3.63, 3.8) is 0 Å². The lowest BCUT2D eigenvalue weighted by Gasteiger charge is -2.24. The Morgan fingerprint density at radius 1 is 1.16 bits per heavy atom. The molecule has 8 heteroatoms. The van der Waals surface area contributed by atoms with E-state index in [2.05, 4.69) is 20.9 Å². The van der Waals surface area contributed by atoms with Crippen LogP contribution in [0.3, 0.4) is 0 Å². The zero-order valence-corrected chi connectivity index (χ0v) is 19.3. The molecule has 156 valence electrons. The smallest absolute Gasteiger partial charge is 0.297 e. The quantitative estimate of drug-likeness (QED) is 0.380. The van der Waals surface area contributed by atoms with Crippen LogP contribution in [-0.2, 0) is 0 Å². The molecule has 2 aromatic carbocycles. The van der Waals surface area contributed by atoms with E-state index < -0.39 is 6.04 Å². The Balaban J connectivity index is 1.85. The van der Waals surface area contributed by atoms with E-state index in [9.17, 15) is 9.59 Å². The van der Waals surface area contributed by atoms with Crippen molar-refractivity contribution in [3.8, 4) is 5.75 Å². The Morgan fingerprint density at radius 2 is 1.94 bits per heavy atom. The maximum atomic E-state index is 13.6. The number of amides is 1. The van der Waals surface area contributed by atoms with Gasteiger partial charge in [0.2, 0.25) is 5.76 Å².